The highest BCUT2D eigenvalue weighted by atomic mass is 16.8. The van der Waals surface area contributed by atoms with Crippen LogP contribution in [-0.4, -0.2) is 434 Å². The molecule has 8 heterocycles. The molecule has 0 aromatic carbocycles. The first-order valence-corrected chi connectivity index (χ1v) is 32.1. The second-order valence-corrected chi connectivity index (χ2v) is 25.4. The zero-order valence-electron chi connectivity index (χ0n) is 54.3. The van der Waals surface area contributed by atoms with Crippen LogP contribution in [0.4, 0.5) is 0 Å². The Labute approximate surface area is 572 Å². The third-order valence-corrected chi connectivity index (χ3v) is 18.2. The van der Waals surface area contributed by atoms with Crippen molar-refractivity contribution in [3.8, 4) is 0 Å². The van der Waals surface area contributed by atoms with Crippen LogP contribution in [-0.2, 0) is 90.2 Å². The van der Waals surface area contributed by atoms with Gasteiger partial charge in [-0.05, 0) is 0 Å². The van der Waals surface area contributed by atoms with E-state index in [1.807, 2.05) is 0 Å². The van der Waals surface area contributed by atoms with Crippen LogP contribution in [0, 0.1) is 0 Å². The Morgan fingerprint density at radius 2 is 0.545 bits per heavy atom. The Bertz CT molecular complexity index is 2640. The second-order valence-electron chi connectivity index (χ2n) is 25.4. The van der Waals surface area contributed by atoms with E-state index in [-0.39, 0.29) is 0 Å². The van der Waals surface area contributed by atoms with Gasteiger partial charge in [0.15, 0.2) is 50.3 Å². The summed E-state index contributed by atoms with van der Waals surface area (Å²) in [4.78, 5) is 50.0. The van der Waals surface area contributed by atoms with Crippen LogP contribution in [0.15, 0.2) is 0 Å². The fraction of sp³-hybridized carbons (Fsp3) is 0.929. The predicted octanol–water partition coefficient (Wildman–Crippen LogP) is -17.9. The Morgan fingerprint density at radius 1 is 0.257 bits per heavy atom. The molecule has 0 aliphatic carbocycles. The predicted molar refractivity (Wildman–Crippen MR) is 311 cm³/mol. The van der Waals surface area contributed by atoms with E-state index in [9.17, 15) is 132 Å². The van der Waals surface area contributed by atoms with Crippen LogP contribution >= 0.6 is 0 Å². The van der Waals surface area contributed by atoms with Crippen molar-refractivity contribution in [3.63, 3.8) is 0 Å². The average molecular weight is 1480 g/mol. The summed E-state index contributed by atoms with van der Waals surface area (Å²) in [5.41, 5.74) is 0. The van der Waals surface area contributed by atoms with E-state index in [4.69, 9.17) is 71.1 Å². The first-order chi connectivity index (χ1) is 47.8. The minimum absolute atomic E-state index is 0.766. The maximum atomic E-state index is 12.9. The summed E-state index contributed by atoms with van der Waals surface area (Å²) in [6.07, 6.45) is -72.8. The molecule has 0 radical (unpaired) electrons. The van der Waals surface area contributed by atoms with Crippen LogP contribution in [0.5, 0.6) is 0 Å². The molecule has 0 aromatic heterocycles. The van der Waals surface area contributed by atoms with Gasteiger partial charge in [-0.15, -0.1) is 0 Å². The van der Waals surface area contributed by atoms with Gasteiger partial charge < -0.3 is 205 Å². The molecular weight excluding hydrogens is 1380 g/mol. The topological polar surface area (TPSA) is 700 Å². The van der Waals surface area contributed by atoms with Gasteiger partial charge in [0.05, 0.1) is 52.9 Å². The summed E-state index contributed by atoms with van der Waals surface area (Å²) >= 11 is 0. The molecule has 26 N–H and O–H groups in total. The van der Waals surface area contributed by atoms with Crippen molar-refractivity contribution in [2.45, 2.75) is 273 Å². The quantitative estimate of drug-likeness (QED) is 0.0382. The number of carbonyl (C=O) groups is 4. The molecule has 0 unspecified atom stereocenters. The molecule has 4 amide bonds. The third-order valence-electron chi connectivity index (χ3n) is 18.2. The molecule has 584 valence electrons. The van der Waals surface area contributed by atoms with Crippen molar-refractivity contribution in [2.24, 2.45) is 0 Å². The Hall–Kier alpha value is -3.60. The van der Waals surface area contributed by atoms with Crippen molar-refractivity contribution in [3.05, 3.63) is 0 Å². The van der Waals surface area contributed by atoms with Crippen molar-refractivity contribution < 1.29 is 203 Å². The summed E-state index contributed by atoms with van der Waals surface area (Å²) in [6, 6.07) is -7.07. The molecule has 8 aliphatic rings. The maximum Gasteiger partial charge on any atom is 0.217 e. The molecule has 8 aliphatic heterocycles. The van der Waals surface area contributed by atoms with Crippen LogP contribution < -0.4 is 21.3 Å². The molecule has 0 aromatic rings. The molecule has 8 rings (SSSR count). The fourth-order valence-corrected chi connectivity index (χ4v) is 13.0. The molecule has 45 heteroatoms. The number of aliphatic hydroxyl groups is 22. The summed E-state index contributed by atoms with van der Waals surface area (Å²) in [6.45, 7) is -4.47. The van der Waals surface area contributed by atoms with Gasteiger partial charge in [-0.25, -0.2) is 0 Å². The summed E-state index contributed by atoms with van der Waals surface area (Å²) in [5, 5.41) is 252. The van der Waals surface area contributed by atoms with E-state index >= 15 is 0 Å². The standard InChI is InChI=1S/C56H94N4O41/c1-13(68)57-25-35(78)43(21(9-65)88-49(25)86)96-51-27(59-15(3)70)36(79)45(23(11-67)93-51)98-55-42(85)47(100-56-48(39(82)31(74)19(7-63)92-56)101-50-26(58-14(2)69)34(77)29(72)17(5-61)89-50)33(76)24(95-55)12-87-53-41(84)46(32(75)20(8-64)90-53)99-52-28(60-16(4)71)37(80)44(22(10-66)94-52)97-54-40(83)38(81)30(73)18(6-62)91-54/h17-56,61-67,72-86H,5-12H2,1-4H3,(H,57,68)(H,58,69)(H,59,70)(H,60,71)/t17-,18-,19-,20-,21-,22-,23-,24-,25-,26-,27-,28-,29-,30+,31-,32-,33-,34-,35-,36-,37-,38+,39+,40-,41+,42+,43-,44-,45-,46+,47+,48+,49-,50+,51+,52+,53+,54+,55+,56-/m1/s1. The molecule has 8 fully saturated rings. The van der Waals surface area contributed by atoms with Gasteiger partial charge in [0.1, 0.15) is 195 Å². The molecule has 0 bridgehead atoms. The number of hydrogen-bond donors (Lipinski definition) is 26. The lowest BCUT2D eigenvalue weighted by molar-refractivity contribution is -0.395. The van der Waals surface area contributed by atoms with Crippen molar-refractivity contribution in [2.75, 3.05) is 52.9 Å². The first-order valence-electron chi connectivity index (χ1n) is 32.1. The van der Waals surface area contributed by atoms with E-state index in [0.717, 1.165) is 27.7 Å². The highest BCUT2D eigenvalue weighted by molar-refractivity contribution is 5.74. The lowest BCUT2D eigenvalue weighted by Gasteiger charge is -2.51. The monoisotopic (exact) mass is 1480 g/mol. The number of rotatable bonds is 26. The number of aliphatic hydroxyl groups excluding tert-OH is 22. The number of carbonyl (C=O) groups excluding carboxylic acids is 4. The smallest absolute Gasteiger partial charge is 0.217 e. The summed E-state index contributed by atoms with van der Waals surface area (Å²) in [5.74, 6) is -3.41. The van der Waals surface area contributed by atoms with Crippen molar-refractivity contribution in [1.29, 1.82) is 0 Å². The van der Waals surface area contributed by atoms with E-state index < -0.39 is 322 Å². The minimum atomic E-state index is -2.48. The normalized spacial score (nSPS) is 48.3. The molecule has 0 spiro atoms. The molecule has 0 saturated carbocycles. The number of nitrogens with one attached hydrogen (secondary N) is 4. The molecule has 45 nitrogen and oxygen atoms in total. The van der Waals surface area contributed by atoms with E-state index in [2.05, 4.69) is 21.3 Å². The zero-order chi connectivity index (χ0) is 74.5. The van der Waals surface area contributed by atoms with Crippen LogP contribution in [0.3, 0.4) is 0 Å². The average Bonchev–Trinajstić information content (AvgIpc) is 0.773. The molecule has 40 atom stereocenters. The van der Waals surface area contributed by atoms with Gasteiger partial charge in [-0.3, -0.25) is 19.2 Å². The zero-order valence-corrected chi connectivity index (χ0v) is 54.3. The molecule has 8 saturated heterocycles. The first kappa shape index (κ1) is 83.0. The molecule has 101 heavy (non-hydrogen) atoms. The number of hydrogen-bond acceptors (Lipinski definition) is 41. The van der Waals surface area contributed by atoms with Gasteiger partial charge >= 0.3 is 0 Å². The van der Waals surface area contributed by atoms with Crippen molar-refractivity contribution >= 4 is 23.6 Å². The Morgan fingerprint density at radius 3 is 1.00 bits per heavy atom. The third kappa shape index (κ3) is 18.5. The van der Waals surface area contributed by atoms with Crippen LogP contribution in [0.25, 0.3) is 0 Å². The van der Waals surface area contributed by atoms with Crippen LogP contribution in [0.2, 0.25) is 0 Å². The van der Waals surface area contributed by atoms with Gasteiger partial charge in [-0.2, -0.15) is 0 Å². The van der Waals surface area contributed by atoms with Gasteiger partial charge in [0.25, 0.3) is 0 Å². The van der Waals surface area contributed by atoms with E-state index in [0.29, 0.717) is 0 Å². The lowest BCUT2D eigenvalue weighted by atomic mass is 9.93. The highest BCUT2D eigenvalue weighted by Crippen LogP contribution is 2.39. The summed E-state index contributed by atoms with van der Waals surface area (Å²) in [7, 11) is 0. The lowest BCUT2D eigenvalue weighted by Crippen LogP contribution is -2.70. The molecular formula is C56H94N4O41. The Kier molecular flexibility index (Phi) is 29.9. The SMILES string of the molecule is CC(=O)N[C@@H]1[C@@H](O)[C@H](O[C@@H]2O[C@H](CO)[C@@H](O[C@@H]3O[C@H](CO[C@H]4O[C@H](CO)[C@@H](O)[C@H](O[C@@H]5O[C@H](CO)[C@@H](O[C@@H]6O[C@H](CO)[C@H](O)[C@H](O)[C@H]6O)[C@H](O)[C@H]5NC(C)=O)[C@@H]4O)[C@@H](O)[C@H](O[C@H]4O[C@H](CO)[C@@H](O)[C@H](O)[C@@H]4O[C@@H]4O[C@H](CO)[C@@H](O)[C@H](O)[C@H]4NC(C)=O)[C@@H]3O)[C@H](O)[C@H]2NC(C)=O)[C@@H](CO)O[C@H]1O. The summed E-state index contributed by atoms with van der Waals surface area (Å²) < 4.78 is 88.0. The van der Waals surface area contributed by atoms with Gasteiger partial charge in [0, 0.05) is 27.7 Å². The van der Waals surface area contributed by atoms with Gasteiger partial charge in [0.2, 0.25) is 23.6 Å². The maximum absolute atomic E-state index is 12.9. The number of amides is 4. The highest BCUT2D eigenvalue weighted by Gasteiger charge is 2.60. The fourth-order valence-electron chi connectivity index (χ4n) is 13.0. The Balaban J connectivity index is 1.10. The van der Waals surface area contributed by atoms with Crippen molar-refractivity contribution in [1.82, 2.24) is 21.3 Å². The second kappa shape index (κ2) is 36.3. The largest absolute Gasteiger partial charge is 0.394 e. The van der Waals surface area contributed by atoms with E-state index in [1.165, 1.54) is 0 Å². The van der Waals surface area contributed by atoms with E-state index in [1.54, 1.807) is 0 Å². The van der Waals surface area contributed by atoms with Crippen LogP contribution in [0.1, 0.15) is 27.7 Å². The minimum Gasteiger partial charge on any atom is -0.394 e. The van der Waals surface area contributed by atoms with Gasteiger partial charge in [-0.1, -0.05) is 0 Å². The number of ether oxygens (including phenoxy) is 15.